The molecular weight excluding hydrogens is 438 g/mol. The van der Waals surface area contributed by atoms with Gasteiger partial charge in [0.2, 0.25) is 11.9 Å². The van der Waals surface area contributed by atoms with Gasteiger partial charge in [0.1, 0.15) is 13.2 Å². The molecule has 3 aromatic rings. The van der Waals surface area contributed by atoms with Gasteiger partial charge in [-0.15, -0.1) is 0 Å². The van der Waals surface area contributed by atoms with Crippen molar-refractivity contribution in [2.45, 2.75) is 32.6 Å². The minimum Gasteiger partial charge on any atom is -0.486 e. The molecule has 2 unspecified atom stereocenters. The first-order valence-electron chi connectivity index (χ1n) is 11.1. The summed E-state index contributed by atoms with van der Waals surface area (Å²) >= 11 is 0. The summed E-state index contributed by atoms with van der Waals surface area (Å²) in [5, 5.41) is 0. The van der Waals surface area contributed by atoms with Gasteiger partial charge in [-0.1, -0.05) is 24.3 Å². The second-order valence-corrected chi connectivity index (χ2v) is 8.29. The van der Waals surface area contributed by atoms with E-state index in [2.05, 4.69) is 0 Å². The average Bonchev–Trinajstić information content (AvgIpc) is 3.15. The number of ketones is 1. The average molecular weight is 463 g/mol. The van der Waals surface area contributed by atoms with E-state index in [1.165, 1.54) is 0 Å². The summed E-state index contributed by atoms with van der Waals surface area (Å²) in [5.74, 6) is 1.57. The molecule has 0 N–H and O–H groups in total. The number of ether oxygens (including phenoxy) is 5. The molecule has 0 saturated heterocycles. The first kappa shape index (κ1) is 21.9. The fourth-order valence-corrected chi connectivity index (χ4v) is 4.16. The Bertz CT molecular complexity index is 1230. The van der Waals surface area contributed by atoms with E-state index >= 15 is 0 Å². The number of Topliss-reactive ketones (excluding diaryl/α,β-unsaturated/α-hetero) is 1. The van der Waals surface area contributed by atoms with E-state index in [9.17, 15) is 9.59 Å². The van der Waals surface area contributed by atoms with Crippen molar-refractivity contribution >= 4 is 11.8 Å². The van der Waals surface area contributed by atoms with Crippen molar-refractivity contribution in [2.75, 3.05) is 19.8 Å². The molecule has 8 nitrogen and oxygen atoms in total. The number of carbonyl (C=O) groups excluding carboxylic acids is 2. The zero-order chi connectivity index (χ0) is 23.7. The minimum atomic E-state index is -0.915. The zero-order valence-corrected chi connectivity index (χ0v) is 19.0. The minimum absolute atomic E-state index is 0.0329. The number of carbonyl (C=O) groups is 2. The van der Waals surface area contributed by atoms with E-state index in [0.717, 1.165) is 17.1 Å². The van der Waals surface area contributed by atoms with Gasteiger partial charge in [-0.3, -0.25) is 4.79 Å². The molecule has 176 valence electrons. The van der Waals surface area contributed by atoms with Crippen LogP contribution in [0.3, 0.4) is 0 Å². The Hall–Kier alpha value is -3.94. The Morgan fingerprint density at radius 1 is 0.912 bits per heavy atom. The summed E-state index contributed by atoms with van der Waals surface area (Å²) < 4.78 is 30.3. The lowest BCUT2D eigenvalue weighted by Crippen LogP contribution is -2.38. The third kappa shape index (κ3) is 4.31. The number of benzene rings is 2. The van der Waals surface area contributed by atoms with Crippen molar-refractivity contribution in [2.24, 2.45) is 0 Å². The highest BCUT2D eigenvalue weighted by molar-refractivity contribution is 5.99. The summed E-state index contributed by atoms with van der Waals surface area (Å²) in [6.45, 7) is 4.41. The first-order chi connectivity index (χ1) is 16.5. The molecule has 2 aliphatic heterocycles. The lowest BCUT2D eigenvalue weighted by molar-refractivity contribution is -0.153. The van der Waals surface area contributed by atoms with Crippen molar-refractivity contribution in [3.63, 3.8) is 0 Å². The molecule has 0 bridgehead atoms. The largest absolute Gasteiger partial charge is 0.486 e. The van der Waals surface area contributed by atoms with Crippen molar-refractivity contribution in [1.29, 1.82) is 0 Å². The van der Waals surface area contributed by atoms with Crippen LogP contribution in [0.15, 0.2) is 54.6 Å². The molecule has 3 heterocycles. The van der Waals surface area contributed by atoms with E-state index < -0.39 is 12.1 Å². The smallest absolute Gasteiger partial charge is 0.351 e. The topological polar surface area (TPSA) is 85.2 Å². The van der Waals surface area contributed by atoms with Crippen LogP contribution in [0.1, 0.15) is 21.7 Å². The summed E-state index contributed by atoms with van der Waals surface area (Å²) in [4.78, 5) is 25.3. The van der Waals surface area contributed by atoms with Crippen LogP contribution in [0, 0.1) is 13.8 Å². The predicted octanol–water partition coefficient (Wildman–Crippen LogP) is 3.51. The fraction of sp³-hybridized carbons (Fsp3) is 0.308. The fourth-order valence-electron chi connectivity index (χ4n) is 4.16. The standard InChI is InChI=1S/C26H25NO7/c1-16-11-19(17(2)27(16)12-18-13-30-21-7-3-5-9-23(21)33-18)20(28)14-32-26(29)25-15-31-22-8-4-6-10-24(22)34-25/h3-11,18,25H,12-15H2,1-2H3. The lowest BCUT2D eigenvalue weighted by atomic mass is 10.1. The number of nitrogens with zero attached hydrogens (tertiary/aromatic N) is 1. The summed E-state index contributed by atoms with van der Waals surface area (Å²) in [5.41, 5.74) is 2.20. The van der Waals surface area contributed by atoms with Crippen molar-refractivity contribution < 1.29 is 33.3 Å². The van der Waals surface area contributed by atoms with E-state index in [1.807, 2.05) is 48.7 Å². The SMILES string of the molecule is Cc1cc(C(=O)COC(=O)C2COc3ccccc3O2)c(C)n1CC1COc2ccccc2O1. The van der Waals surface area contributed by atoms with E-state index in [-0.39, 0.29) is 25.1 Å². The molecule has 0 saturated carbocycles. The third-order valence-corrected chi connectivity index (χ3v) is 5.94. The van der Waals surface area contributed by atoms with Crippen LogP contribution in [0.25, 0.3) is 0 Å². The van der Waals surface area contributed by atoms with E-state index in [0.29, 0.717) is 36.0 Å². The number of aryl methyl sites for hydroxylation is 1. The highest BCUT2D eigenvalue weighted by Gasteiger charge is 2.30. The number of hydrogen-bond donors (Lipinski definition) is 0. The third-order valence-electron chi connectivity index (χ3n) is 5.94. The molecule has 0 radical (unpaired) electrons. The Morgan fingerprint density at radius 3 is 2.24 bits per heavy atom. The van der Waals surface area contributed by atoms with Crippen molar-refractivity contribution in [3.05, 3.63) is 71.5 Å². The van der Waals surface area contributed by atoms with Crippen LogP contribution in [0.5, 0.6) is 23.0 Å². The van der Waals surface area contributed by atoms with Crippen LogP contribution in [0.2, 0.25) is 0 Å². The van der Waals surface area contributed by atoms with Gasteiger partial charge in [-0.2, -0.15) is 0 Å². The predicted molar refractivity (Wildman–Crippen MR) is 122 cm³/mol. The number of para-hydroxylation sites is 4. The first-order valence-corrected chi connectivity index (χ1v) is 11.1. The van der Waals surface area contributed by atoms with Crippen molar-refractivity contribution in [1.82, 2.24) is 4.57 Å². The van der Waals surface area contributed by atoms with Crippen LogP contribution < -0.4 is 18.9 Å². The Labute approximate surface area is 196 Å². The maximum absolute atomic E-state index is 12.9. The molecule has 8 heteroatoms. The number of hydrogen-bond acceptors (Lipinski definition) is 7. The highest BCUT2D eigenvalue weighted by atomic mass is 16.6. The molecule has 2 aliphatic rings. The van der Waals surface area contributed by atoms with Gasteiger partial charge in [-0.05, 0) is 44.2 Å². The molecule has 34 heavy (non-hydrogen) atoms. The molecule has 0 aliphatic carbocycles. The summed E-state index contributed by atoms with van der Waals surface area (Å²) in [7, 11) is 0. The second kappa shape index (κ2) is 9.13. The number of aromatic nitrogens is 1. The number of esters is 1. The van der Waals surface area contributed by atoms with E-state index in [4.69, 9.17) is 23.7 Å². The van der Waals surface area contributed by atoms with E-state index in [1.54, 1.807) is 24.3 Å². The Morgan fingerprint density at radius 2 is 1.53 bits per heavy atom. The van der Waals surface area contributed by atoms with Crippen molar-refractivity contribution in [3.8, 4) is 23.0 Å². The van der Waals surface area contributed by atoms with Gasteiger partial charge in [-0.25, -0.2) is 4.79 Å². The van der Waals surface area contributed by atoms with Crippen LogP contribution in [-0.2, 0) is 16.1 Å². The zero-order valence-electron chi connectivity index (χ0n) is 19.0. The maximum atomic E-state index is 12.9. The molecule has 0 spiro atoms. The highest BCUT2D eigenvalue weighted by Crippen LogP contribution is 2.32. The summed E-state index contributed by atoms with van der Waals surface area (Å²) in [6, 6.07) is 16.4. The Kier molecular flexibility index (Phi) is 5.88. The van der Waals surface area contributed by atoms with Gasteiger partial charge in [0.15, 0.2) is 35.7 Å². The van der Waals surface area contributed by atoms with Gasteiger partial charge < -0.3 is 28.3 Å². The van der Waals surface area contributed by atoms with Crippen LogP contribution in [0.4, 0.5) is 0 Å². The quantitative estimate of drug-likeness (QED) is 0.409. The number of rotatable bonds is 6. The van der Waals surface area contributed by atoms with Crippen LogP contribution in [-0.4, -0.2) is 48.3 Å². The molecule has 0 fully saturated rings. The Balaban J connectivity index is 1.20. The lowest BCUT2D eigenvalue weighted by Gasteiger charge is -2.27. The normalized spacial score (nSPS) is 18.3. The van der Waals surface area contributed by atoms with Gasteiger partial charge in [0, 0.05) is 17.0 Å². The maximum Gasteiger partial charge on any atom is 0.351 e. The molecule has 0 amide bonds. The van der Waals surface area contributed by atoms with Gasteiger partial charge in [0.05, 0.1) is 6.54 Å². The molecule has 2 aromatic carbocycles. The van der Waals surface area contributed by atoms with Gasteiger partial charge >= 0.3 is 5.97 Å². The second-order valence-electron chi connectivity index (χ2n) is 8.29. The summed E-state index contributed by atoms with van der Waals surface area (Å²) in [6.07, 6.45) is -1.10. The number of fused-ring (bicyclic) bond motifs is 2. The van der Waals surface area contributed by atoms with Gasteiger partial charge in [0.25, 0.3) is 0 Å². The monoisotopic (exact) mass is 463 g/mol. The molecule has 5 rings (SSSR count). The molecule has 2 atom stereocenters. The molecular formula is C26H25NO7. The molecule has 1 aromatic heterocycles. The van der Waals surface area contributed by atoms with Crippen LogP contribution >= 0.6 is 0 Å².